The SMILES string of the molecule is COc1cncc(CN2CCC(Nc3ccc4c(c3)Cc3cccc(-c5cc(N6CCOCC6)cc(=O)[nH]5)c3O4)CC2)c1. The molecule has 3 aliphatic rings. The zero-order valence-corrected chi connectivity index (χ0v) is 24.5. The maximum Gasteiger partial charge on any atom is 0.250 e. The highest BCUT2D eigenvalue weighted by Gasteiger charge is 2.24. The fourth-order valence-electron chi connectivity index (χ4n) is 6.35. The standard InChI is InChI=1S/C34H37N5O4/c1-41-29-15-23(20-35-21-29)22-38-9-7-26(8-10-38)36-27-5-6-32-25(17-27)16-24-3-2-4-30(34(24)43-32)31-18-28(19-33(40)37-31)39-11-13-42-14-12-39/h2-6,15,17-21,26,36H,7-14,16,22H2,1H3,(H,37,40). The van der Waals surface area contributed by atoms with Gasteiger partial charge in [0.25, 0.3) is 0 Å². The normalized spacial score (nSPS) is 17.1. The van der Waals surface area contributed by atoms with Crippen molar-refractivity contribution in [1.82, 2.24) is 14.9 Å². The molecule has 9 nitrogen and oxygen atoms in total. The van der Waals surface area contributed by atoms with Crippen molar-refractivity contribution in [2.45, 2.75) is 31.8 Å². The number of likely N-dealkylation sites (tertiary alicyclic amines) is 1. The molecular formula is C34H37N5O4. The number of fused-ring (bicyclic) bond motifs is 2. The number of aromatic nitrogens is 2. The first-order valence-corrected chi connectivity index (χ1v) is 15.1. The van der Waals surface area contributed by atoms with Crippen LogP contribution in [0.2, 0.25) is 0 Å². The third-order valence-electron chi connectivity index (χ3n) is 8.62. The van der Waals surface area contributed by atoms with Gasteiger partial charge >= 0.3 is 0 Å². The molecule has 43 heavy (non-hydrogen) atoms. The summed E-state index contributed by atoms with van der Waals surface area (Å²) in [7, 11) is 1.68. The van der Waals surface area contributed by atoms with E-state index in [-0.39, 0.29) is 5.56 Å². The molecule has 2 fully saturated rings. The molecule has 9 heteroatoms. The minimum Gasteiger partial charge on any atom is -0.495 e. The predicted octanol–water partition coefficient (Wildman–Crippen LogP) is 5.06. The summed E-state index contributed by atoms with van der Waals surface area (Å²) < 4.78 is 17.3. The molecule has 2 saturated heterocycles. The van der Waals surface area contributed by atoms with Crippen molar-refractivity contribution >= 4 is 11.4 Å². The fraction of sp³-hybridized carbons (Fsp3) is 0.353. The van der Waals surface area contributed by atoms with E-state index >= 15 is 0 Å². The van der Waals surface area contributed by atoms with Gasteiger partial charge in [0, 0.05) is 80.0 Å². The van der Waals surface area contributed by atoms with Crippen molar-refractivity contribution in [3.8, 4) is 28.5 Å². The number of hydrogen-bond donors (Lipinski definition) is 2. The summed E-state index contributed by atoms with van der Waals surface area (Å²) in [4.78, 5) is 24.7. The van der Waals surface area contributed by atoms with E-state index in [1.54, 1.807) is 19.4 Å². The van der Waals surface area contributed by atoms with E-state index in [9.17, 15) is 4.79 Å². The number of benzene rings is 2. The first-order valence-electron chi connectivity index (χ1n) is 15.1. The summed E-state index contributed by atoms with van der Waals surface area (Å²) in [5.74, 6) is 2.47. The molecule has 0 bridgehead atoms. The van der Waals surface area contributed by atoms with E-state index in [0.717, 1.165) is 103 Å². The van der Waals surface area contributed by atoms with Gasteiger partial charge in [-0.15, -0.1) is 0 Å². The van der Waals surface area contributed by atoms with Crippen LogP contribution >= 0.6 is 0 Å². The molecule has 5 heterocycles. The molecule has 2 aromatic heterocycles. The van der Waals surface area contributed by atoms with Gasteiger partial charge in [-0.25, -0.2) is 0 Å². The van der Waals surface area contributed by atoms with Crippen LogP contribution in [-0.4, -0.2) is 67.4 Å². The minimum atomic E-state index is -0.119. The number of morpholine rings is 1. The minimum absolute atomic E-state index is 0.119. The molecule has 0 radical (unpaired) electrons. The number of aromatic amines is 1. The zero-order valence-electron chi connectivity index (χ0n) is 24.5. The average molecular weight is 580 g/mol. The van der Waals surface area contributed by atoms with E-state index in [1.807, 2.05) is 24.4 Å². The van der Waals surface area contributed by atoms with Crippen LogP contribution in [0.15, 0.2) is 71.8 Å². The summed E-state index contributed by atoms with van der Waals surface area (Å²) >= 11 is 0. The Morgan fingerprint density at radius 2 is 1.86 bits per heavy atom. The second kappa shape index (κ2) is 12.1. The lowest BCUT2D eigenvalue weighted by molar-refractivity contribution is 0.122. The van der Waals surface area contributed by atoms with Crippen molar-refractivity contribution < 1.29 is 14.2 Å². The lowest BCUT2D eigenvalue weighted by Crippen LogP contribution is -2.38. The zero-order chi connectivity index (χ0) is 29.2. The summed E-state index contributed by atoms with van der Waals surface area (Å²) in [5.41, 5.74) is 7.03. The van der Waals surface area contributed by atoms with E-state index in [0.29, 0.717) is 19.3 Å². The van der Waals surface area contributed by atoms with Crippen LogP contribution in [0.1, 0.15) is 29.5 Å². The molecule has 2 aromatic carbocycles. The highest BCUT2D eigenvalue weighted by Crippen LogP contribution is 2.43. The first-order chi connectivity index (χ1) is 21.1. The molecule has 4 aromatic rings. The molecule has 0 atom stereocenters. The largest absolute Gasteiger partial charge is 0.495 e. The Morgan fingerprint density at radius 3 is 2.70 bits per heavy atom. The molecule has 7 rings (SSSR count). The molecule has 0 amide bonds. The number of ether oxygens (including phenoxy) is 3. The maximum absolute atomic E-state index is 12.6. The van der Waals surface area contributed by atoms with Gasteiger partial charge in [0.1, 0.15) is 17.2 Å². The van der Waals surface area contributed by atoms with Crippen molar-refractivity contribution in [3.05, 3.63) is 94.0 Å². The van der Waals surface area contributed by atoms with Crippen molar-refractivity contribution in [3.63, 3.8) is 0 Å². The third kappa shape index (κ3) is 6.09. The van der Waals surface area contributed by atoms with Gasteiger partial charge in [-0.1, -0.05) is 12.1 Å². The Hall–Kier alpha value is -4.34. The molecule has 0 spiro atoms. The highest BCUT2D eigenvalue weighted by molar-refractivity contribution is 5.74. The van der Waals surface area contributed by atoms with Gasteiger partial charge in [-0.3, -0.25) is 14.7 Å². The number of hydrogen-bond acceptors (Lipinski definition) is 8. The Kier molecular flexibility index (Phi) is 7.74. The predicted molar refractivity (Wildman–Crippen MR) is 168 cm³/mol. The molecule has 2 N–H and O–H groups in total. The smallest absolute Gasteiger partial charge is 0.250 e. The van der Waals surface area contributed by atoms with Crippen LogP contribution < -0.4 is 25.2 Å². The van der Waals surface area contributed by atoms with Gasteiger partial charge in [-0.05, 0) is 60.4 Å². The Morgan fingerprint density at radius 1 is 1.00 bits per heavy atom. The van der Waals surface area contributed by atoms with Crippen molar-refractivity contribution in [1.29, 1.82) is 0 Å². The number of nitrogens with zero attached hydrogens (tertiary/aromatic N) is 3. The van der Waals surface area contributed by atoms with Crippen LogP contribution in [-0.2, 0) is 17.7 Å². The second-order valence-electron chi connectivity index (χ2n) is 11.5. The topological polar surface area (TPSA) is 92.0 Å². The number of rotatable bonds is 7. The fourth-order valence-corrected chi connectivity index (χ4v) is 6.35. The molecular weight excluding hydrogens is 542 g/mol. The Bertz CT molecular complexity index is 1660. The number of nitrogens with one attached hydrogen (secondary N) is 2. The average Bonchev–Trinajstić information content (AvgIpc) is 3.04. The van der Waals surface area contributed by atoms with Crippen molar-refractivity contribution in [2.75, 3.05) is 56.7 Å². The van der Waals surface area contributed by atoms with Gasteiger partial charge in [0.15, 0.2) is 0 Å². The number of anilines is 2. The van der Waals surface area contributed by atoms with Gasteiger partial charge < -0.3 is 29.4 Å². The van der Waals surface area contributed by atoms with Gasteiger partial charge in [0.05, 0.1) is 32.2 Å². The lowest BCUT2D eigenvalue weighted by atomic mass is 9.95. The van der Waals surface area contributed by atoms with Crippen LogP contribution in [0.3, 0.4) is 0 Å². The molecule has 0 saturated carbocycles. The number of piperidine rings is 1. The number of pyridine rings is 2. The van der Waals surface area contributed by atoms with Crippen LogP contribution in [0, 0.1) is 0 Å². The molecule has 0 aliphatic carbocycles. The monoisotopic (exact) mass is 579 g/mol. The third-order valence-corrected chi connectivity index (χ3v) is 8.62. The summed E-state index contributed by atoms with van der Waals surface area (Å²) in [6, 6.07) is 18.8. The summed E-state index contributed by atoms with van der Waals surface area (Å²) in [6.07, 6.45) is 6.60. The summed E-state index contributed by atoms with van der Waals surface area (Å²) in [6.45, 7) is 5.84. The van der Waals surface area contributed by atoms with Gasteiger partial charge in [-0.2, -0.15) is 0 Å². The van der Waals surface area contributed by atoms with Crippen molar-refractivity contribution in [2.24, 2.45) is 0 Å². The second-order valence-corrected chi connectivity index (χ2v) is 11.5. The quantitative estimate of drug-likeness (QED) is 0.277. The number of H-pyrrole nitrogens is 1. The highest BCUT2D eigenvalue weighted by atomic mass is 16.5. The van der Waals surface area contributed by atoms with E-state index < -0.39 is 0 Å². The summed E-state index contributed by atoms with van der Waals surface area (Å²) in [5, 5.41) is 3.77. The number of para-hydroxylation sites is 1. The van der Waals surface area contributed by atoms with E-state index in [1.165, 1.54) is 5.56 Å². The lowest BCUT2D eigenvalue weighted by Gasteiger charge is -2.33. The molecule has 222 valence electrons. The molecule has 0 unspecified atom stereocenters. The van der Waals surface area contributed by atoms with E-state index in [4.69, 9.17) is 14.2 Å². The Balaban J connectivity index is 1.02. The van der Waals surface area contributed by atoms with Gasteiger partial charge in [0.2, 0.25) is 5.56 Å². The van der Waals surface area contributed by atoms with Crippen LogP contribution in [0.5, 0.6) is 17.2 Å². The first kappa shape index (κ1) is 27.5. The van der Waals surface area contributed by atoms with Crippen LogP contribution in [0.25, 0.3) is 11.3 Å². The van der Waals surface area contributed by atoms with E-state index in [2.05, 4.69) is 55.4 Å². The molecule has 3 aliphatic heterocycles. The number of methoxy groups -OCH3 is 1. The Labute approximate surface area is 251 Å². The van der Waals surface area contributed by atoms with Crippen LogP contribution in [0.4, 0.5) is 11.4 Å². The maximum atomic E-state index is 12.6.